The highest BCUT2D eigenvalue weighted by Crippen LogP contribution is 2.20. The van der Waals surface area contributed by atoms with Gasteiger partial charge in [-0.15, -0.1) is 0 Å². The van der Waals surface area contributed by atoms with Crippen molar-refractivity contribution in [2.24, 2.45) is 0 Å². The van der Waals surface area contributed by atoms with Crippen molar-refractivity contribution < 1.29 is 4.74 Å². The molecule has 0 saturated heterocycles. The number of hydrogen-bond donors (Lipinski definition) is 1. The third-order valence-corrected chi connectivity index (χ3v) is 2.73. The van der Waals surface area contributed by atoms with Crippen molar-refractivity contribution >= 4 is 0 Å². The third kappa shape index (κ3) is 4.26. The molecule has 1 rings (SSSR count). The fourth-order valence-corrected chi connectivity index (χ4v) is 1.77. The Morgan fingerprint density at radius 1 is 1.33 bits per heavy atom. The molecule has 102 valence electrons. The first kappa shape index (κ1) is 14.9. The first-order chi connectivity index (χ1) is 8.58. The lowest BCUT2D eigenvalue weighted by Gasteiger charge is -2.17. The summed E-state index contributed by atoms with van der Waals surface area (Å²) in [5, 5.41) is 3.13. The molecule has 18 heavy (non-hydrogen) atoms. The molecule has 0 amide bonds. The van der Waals surface area contributed by atoms with Crippen LogP contribution in [0.1, 0.15) is 58.0 Å². The van der Waals surface area contributed by atoms with Gasteiger partial charge < -0.3 is 10.1 Å². The predicted octanol–water partition coefficient (Wildman–Crippen LogP) is 2.89. The lowest BCUT2D eigenvalue weighted by atomic mass is 10.2. The Hall–Kier alpha value is -1.16. The van der Waals surface area contributed by atoms with Gasteiger partial charge in [-0.25, -0.2) is 9.97 Å². The van der Waals surface area contributed by atoms with E-state index < -0.39 is 0 Å². The normalized spacial score (nSPS) is 12.8. The molecule has 0 radical (unpaired) electrons. The van der Waals surface area contributed by atoms with E-state index in [1.807, 2.05) is 7.05 Å². The van der Waals surface area contributed by atoms with Crippen LogP contribution in [-0.2, 0) is 6.54 Å². The molecular weight excluding hydrogens is 226 g/mol. The summed E-state index contributed by atoms with van der Waals surface area (Å²) >= 11 is 0. The summed E-state index contributed by atoms with van der Waals surface area (Å²) in [4.78, 5) is 8.95. The summed E-state index contributed by atoms with van der Waals surface area (Å²) in [7, 11) is 1.91. The van der Waals surface area contributed by atoms with E-state index in [1.165, 1.54) is 0 Å². The topological polar surface area (TPSA) is 47.0 Å². The molecule has 0 aromatic carbocycles. The van der Waals surface area contributed by atoms with Gasteiger partial charge in [0.15, 0.2) is 5.75 Å². The van der Waals surface area contributed by atoms with Crippen LogP contribution in [0, 0.1) is 0 Å². The van der Waals surface area contributed by atoms with Crippen molar-refractivity contribution in [3.63, 3.8) is 0 Å². The quantitative estimate of drug-likeness (QED) is 0.809. The first-order valence-electron chi connectivity index (χ1n) is 6.75. The van der Waals surface area contributed by atoms with Crippen LogP contribution in [0.5, 0.6) is 5.75 Å². The van der Waals surface area contributed by atoms with E-state index in [0.717, 1.165) is 30.1 Å². The molecular formula is C14H25N3O. The van der Waals surface area contributed by atoms with E-state index >= 15 is 0 Å². The van der Waals surface area contributed by atoms with Gasteiger partial charge >= 0.3 is 0 Å². The number of rotatable bonds is 7. The van der Waals surface area contributed by atoms with Crippen molar-refractivity contribution in [3.05, 3.63) is 17.7 Å². The number of nitrogens with zero attached hydrogens (tertiary/aromatic N) is 2. The van der Waals surface area contributed by atoms with Crippen LogP contribution in [0.15, 0.2) is 6.20 Å². The lowest BCUT2D eigenvalue weighted by molar-refractivity contribution is 0.205. The highest BCUT2D eigenvalue weighted by Gasteiger charge is 2.12. The summed E-state index contributed by atoms with van der Waals surface area (Å²) in [6.07, 6.45) is 4.18. The van der Waals surface area contributed by atoms with Gasteiger partial charge in [0.25, 0.3) is 0 Å². The minimum Gasteiger partial charge on any atom is -0.487 e. The molecule has 0 saturated carbocycles. The van der Waals surface area contributed by atoms with Crippen LogP contribution in [0.3, 0.4) is 0 Å². The van der Waals surface area contributed by atoms with Crippen LogP contribution in [0.25, 0.3) is 0 Å². The van der Waals surface area contributed by atoms with Gasteiger partial charge in [0, 0.05) is 12.5 Å². The van der Waals surface area contributed by atoms with Gasteiger partial charge in [0.2, 0.25) is 0 Å². The Kier molecular flexibility index (Phi) is 6.05. The molecule has 1 N–H and O–H groups in total. The fraction of sp³-hybridized carbons (Fsp3) is 0.714. The number of aromatic nitrogens is 2. The maximum absolute atomic E-state index is 5.91. The van der Waals surface area contributed by atoms with Gasteiger partial charge in [-0.3, -0.25) is 0 Å². The molecule has 4 nitrogen and oxygen atoms in total. The average Bonchev–Trinajstić information content (AvgIpc) is 2.31. The summed E-state index contributed by atoms with van der Waals surface area (Å²) in [6.45, 7) is 9.14. The maximum Gasteiger partial charge on any atom is 0.160 e. The van der Waals surface area contributed by atoms with E-state index in [2.05, 4.69) is 43.0 Å². The van der Waals surface area contributed by atoms with E-state index in [1.54, 1.807) is 6.20 Å². The van der Waals surface area contributed by atoms with Gasteiger partial charge in [-0.2, -0.15) is 0 Å². The van der Waals surface area contributed by atoms with Gasteiger partial charge in [0.05, 0.1) is 18.0 Å². The zero-order valence-corrected chi connectivity index (χ0v) is 12.2. The largest absolute Gasteiger partial charge is 0.487 e. The Balaban J connectivity index is 2.88. The number of hydrogen-bond acceptors (Lipinski definition) is 4. The third-order valence-electron chi connectivity index (χ3n) is 2.73. The summed E-state index contributed by atoms with van der Waals surface area (Å²) in [5.41, 5.74) is 0.944. The molecule has 0 aliphatic heterocycles. The molecule has 0 bridgehead atoms. The average molecular weight is 251 g/mol. The van der Waals surface area contributed by atoms with Crippen molar-refractivity contribution in [1.82, 2.24) is 15.3 Å². The summed E-state index contributed by atoms with van der Waals surface area (Å²) in [6, 6.07) is 0. The fourth-order valence-electron chi connectivity index (χ4n) is 1.77. The van der Waals surface area contributed by atoms with Crippen LogP contribution < -0.4 is 10.1 Å². The van der Waals surface area contributed by atoms with Crippen LogP contribution in [0.4, 0.5) is 0 Å². The van der Waals surface area contributed by atoms with Crippen molar-refractivity contribution in [1.29, 1.82) is 0 Å². The molecule has 1 unspecified atom stereocenters. The maximum atomic E-state index is 5.91. The zero-order valence-electron chi connectivity index (χ0n) is 12.2. The lowest BCUT2D eigenvalue weighted by Crippen LogP contribution is -2.17. The molecule has 4 heteroatoms. The van der Waals surface area contributed by atoms with Crippen molar-refractivity contribution in [2.75, 3.05) is 7.05 Å². The molecule has 0 aliphatic rings. The Morgan fingerprint density at radius 3 is 2.61 bits per heavy atom. The van der Waals surface area contributed by atoms with Gasteiger partial charge in [-0.05, 0) is 20.4 Å². The van der Waals surface area contributed by atoms with E-state index in [4.69, 9.17) is 4.74 Å². The Labute approximate surface area is 110 Å². The highest BCUT2D eigenvalue weighted by molar-refractivity contribution is 5.25. The molecule has 1 heterocycles. The van der Waals surface area contributed by atoms with E-state index in [-0.39, 0.29) is 6.10 Å². The van der Waals surface area contributed by atoms with Crippen LogP contribution >= 0.6 is 0 Å². The van der Waals surface area contributed by atoms with Crippen LogP contribution in [-0.4, -0.2) is 23.1 Å². The minimum atomic E-state index is 0.208. The second-order valence-corrected chi connectivity index (χ2v) is 4.94. The predicted molar refractivity (Wildman–Crippen MR) is 73.9 cm³/mol. The van der Waals surface area contributed by atoms with Gasteiger partial charge in [-0.1, -0.05) is 27.2 Å². The van der Waals surface area contributed by atoms with Crippen molar-refractivity contribution in [2.45, 2.75) is 59.1 Å². The summed E-state index contributed by atoms with van der Waals surface area (Å²) < 4.78 is 5.91. The smallest absolute Gasteiger partial charge is 0.160 e. The SMILES string of the molecule is CCCC(C)Oc1cnc(C(C)C)nc1CNC. The molecule has 1 atom stereocenters. The number of nitrogens with one attached hydrogen (secondary N) is 1. The Morgan fingerprint density at radius 2 is 2.06 bits per heavy atom. The van der Waals surface area contributed by atoms with E-state index in [0.29, 0.717) is 12.5 Å². The second kappa shape index (κ2) is 7.31. The first-order valence-corrected chi connectivity index (χ1v) is 6.75. The standard InChI is InChI=1S/C14H25N3O/c1-6-7-11(4)18-13-9-16-14(10(2)3)17-12(13)8-15-5/h9-11,15H,6-8H2,1-5H3. The van der Waals surface area contributed by atoms with Crippen LogP contribution in [0.2, 0.25) is 0 Å². The minimum absolute atomic E-state index is 0.208. The number of ether oxygens (including phenoxy) is 1. The molecule has 0 aliphatic carbocycles. The second-order valence-electron chi connectivity index (χ2n) is 4.94. The highest BCUT2D eigenvalue weighted by atomic mass is 16.5. The van der Waals surface area contributed by atoms with Crippen molar-refractivity contribution in [3.8, 4) is 5.75 Å². The van der Waals surface area contributed by atoms with E-state index in [9.17, 15) is 0 Å². The molecule has 0 fully saturated rings. The molecule has 1 aromatic rings. The monoisotopic (exact) mass is 251 g/mol. The van der Waals surface area contributed by atoms with Gasteiger partial charge in [0.1, 0.15) is 5.82 Å². The molecule has 0 spiro atoms. The molecule has 1 aromatic heterocycles. The Bertz CT molecular complexity index is 366. The zero-order chi connectivity index (χ0) is 13.5. The summed E-state index contributed by atoms with van der Waals surface area (Å²) in [5.74, 6) is 2.01.